The van der Waals surface area contributed by atoms with Gasteiger partial charge in [0.25, 0.3) is 5.56 Å². The largest absolute Gasteiger partial charge is 0.497 e. The van der Waals surface area contributed by atoms with E-state index >= 15 is 0 Å². The van der Waals surface area contributed by atoms with Crippen molar-refractivity contribution in [2.24, 2.45) is 0 Å². The molecule has 8 nitrogen and oxygen atoms in total. The van der Waals surface area contributed by atoms with Crippen LogP contribution in [0.25, 0.3) is 23.2 Å². The lowest BCUT2D eigenvalue weighted by molar-refractivity contribution is 0.355. The molecule has 0 unspecified atom stereocenters. The number of aromatic nitrogens is 3. The molecule has 32 heavy (non-hydrogen) atoms. The Hall–Kier alpha value is -3.85. The van der Waals surface area contributed by atoms with Crippen LogP contribution in [0.1, 0.15) is 17.0 Å². The molecule has 0 radical (unpaired) electrons. The Balaban J connectivity index is 1.65. The van der Waals surface area contributed by atoms with Crippen molar-refractivity contribution in [2.75, 3.05) is 28.4 Å². The molecule has 2 heterocycles. The Kier molecular flexibility index (Phi) is 6.09. The van der Waals surface area contributed by atoms with E-state index in [1.807, 2.05) is 36.4 Å². The maximum absolute atomic E-state index is 12.8. The molecule has 164 valence electrons. The van der Waals surface area contributed by atoms with Crippen LogP contribution in [0, 0.1) is 0 Å². The number of methoxy groups -OCH3 is 4. The minimum absolute atomic E-state index is 0.235. The first-order valence-electron chi connectivity index (χ1n) is 9.59. The summed E-state index contributed by atoms with van der Waals surface area (Å²) in [6.45, 7) is 0. The van der Waals surface area contributed by atoms with Crippen LogP contribution in [-0.2, 0) is 0 Å². The molecule has 0 N–H and O–H groups in total. The van der Waals surface area contributed by atoms with Crippen LogP contribution in [-0.4, -0.2) is 43.0 Å². The number of fused-ring (bicyclic) bond motifs is 1. The summed E-state index contributed by atoms with van der Waals surface area (Å²) in [6, 6.07) is 11.0. The molecule has 4 aromatic rings. The average Bonchev–Trinajstić information content (AvgIpc) is 3.36. The van der Waals surface area contributed by atoms with Crippen molar-refractivity contribution in [1.29, 1.82) is 0 Å². The van der Waals surface area contributed by atoms with Gasteiger partial charge in [-0.3, -0.25) is 4.79 Å². The highest BCUT2D eigenvalue weighted by atomic mass is 32.1. The third-order valence-electron chi connectivity index (χ3n) is 4.76. The summed E-state index contributed by atoms with van der Waals surface area (Å²) in [6.07, 6.45) is 5.36. The monoisotopic (exact) mass is 451 g/mol. The number of ether oxygens (including phenoxy) is 4. The zero-order valence-corrected chi connectivity index (χ0v) is 18.8. The van der Waals surface area contributed by atoms with Crippen LogP contribution in [0.5, 0.6) is 23.0 Å². The van der Waals surface area contributed by atoms with Crippen molar-refractivity contribution in [1.82, 2.24) is 14.6 Å². The highest BCUT2D eigenvalue weighted by Gasteiger charge is 2.11. The standard InChI is InChI=1S/C23H21N3O5S/c1-28-16-8-7-15(18(13-16)30-3)12-20-22(27)26-23(32-20)24-21(25-26)10-6-14-5-9-17(29-2)19(11-14)31-4/h5-13H,1-4H3/b10-6+,20-12-. The van der Waals surface area contributed by atoms with Crippen molar-refractivity contribution in [2.45, 2.75) is 0 Å². The van der Waals surface area contributed by atoms with Crippen LogP contribution >= 0.6 is 11.3 Å². The second-order valence-corrected chi connectivity index (χ2v) is 7.64. The molecule has 0 bridgehead atoms. The third-order valence-corrected chi connectivity index (χ3v) is 5.72. The Morgan fingerprint density at radius 2 is 1.66 bits per heavy atom. The topological polar surface area (TPSA) is 84.2 Å². The summed E-state index contributed by atoms with van der Waals surface area (Å²) in [7, 11) is 6.34. The molecule has 0 aliphatic rings. The molecule has 0 atom stereocenters. The van der Waals surface area contributed by atoms with Gasteiger partial charge in [0, 0.05) is 11.6 Å². The van der Waals surface area contributed by atoms with Crippen LogP contribution < -0.4 is 29.0 Å². The molecular formula is C23H21N3O5S. The van der Waals surface area contributed by atoms with Gasteiger partial charge in [-0.25, -0.2) is 0 Å². The first-order valence-corrected chi connectivity index (χ1v) is 10.4. The number of nitrogens with zero attached hydrogens (tertiary/aromatic N) is 3. The van der Waals surface area contributed by atoms with Gasteiger partial charge in [-0.15, -0.1) is 5.10 Å². The number of hydrogen-bond donors (Lipinski definition) is 0. The molecule has 4 rings (SSSR count). The van der Waals surface area contributed by atoms with Crippen molar-refractivity contribution in [3.63, 3.8) is 0 Å². The quantitative estimate of drug-likeness (QED) is 0.427. The van der Waals surface area contributed by atoms with Crippen LogP contribution in [0.15, 0.2) is 41.2 Å². The zero-order valence-electron chi connectivity index (χ0n) is 18.0. The van der Waals surface area contributed by atoms with Crippen LogP contribution in [0.4, 0.5) is 0 Å². The summed E-state index contributed by atoms with van der Waals surface area (Å²) < 4.78 is 23.0. The molecule has 0 spiro atoms. The lowest BCUT2D eigenvalue weighted by Crippen LogP contribution is -2.23. The van der Waals surface area contributed by atoms with Gasteiger partial charge in [0.1, 0.15) is 11.5 Å². The van der Waals surface area contributed by atoms with E-state index in [9.17, 15) is 4.79 Å². The minimum Gasteiger partial charge on any atom is -0.497 e. The highest BCUT2D eigenvalue weighted by molar-refractivity contribution is 7.15. The fourth-order valence-corrected chi connectivity index (χ4v) is 4.03. The smallest absolute Gasteiger partial charge is 0.291 e. The van der Waals surface area contributed by atoms with Gasteiger partial charge in [-0.2, -0.15) is 9.50 Å². The van der Waals surface area contributed by atoms with E-state index in [1.54, 1.807) is 46.7 Å². The first-order chi connectivity index (χ1) is 15.6. The second-order valence-electron chi connectivity index (χ2n) is 6.64. The summed E-state index contributed by atoms with van der Waals surface area (Å²) in [4.78, 5) is 17.8. The lowest BCUT2D eigenvalue weighted by Gasteiger charge is -2.07. The van der Waals surface area contributed by atoms with E-state index in [0.29, 0.717) is 38.3 Å². The molecule has 0 aliphatic carbocycles. The van der Waals surface area contributed by atoms with Crippen LogP contribution in [0.3, 0.4) is 0 Å². The molecule has 0 saturated carbocycles. The molecule has 9 heteroatoms. The van der Waals surface area contributed by atoms with Crippen molar-refractivity contribution < 1.29 is 18.9 Å². The normalized spacial score (nSPS) is 11.9. The lowest BCUT2D eigenvalue weighted by atomic mass is 10.2. The Labute approximate surface area is 188 Å². The van der Waals surface area contributed by atoms with Gasteiger partial charge in [-0.05, 0) is 42.0 Å². The molecule has 2 aromatic heterocycles. The van der Waals surface area contributed by atoms with Crippen molar-refractivity contribution in [3.05, 3.63) is 68.2 Å². The predicted octanol–water partition coefficient (Wildman–Crippen LogP) is 2.90. The average molecular weight is 452 g/mol. The van der Waals surface area contributed by atoms with E-state index in [2.05, 4.69) is 10.1 Å². The predicted molar refractivity (Wildman–Crippen MR) is 124 cm³/mol. The SMILES string of the molecule is COc1ccc(/C=c2\sc3nc(/C=C/c4ccc(OC)c(OC)c4)nn3c2=O)c(OC)c1. The maximum atomic E-state index is 12.8. The number of thiazole rings is 1. The van der Waals surface area contributed by atoms with Crippen LogP contribution in [0.2, 0.25) is 0 Å². The fraction of sp³-hybridized carbons (Fsp3) is 0.174. The second kappa shape index (κ2) is 9.11. The van der Waals surface area contributed by atoms with E-state index in [4.69, 9.17) is 18.9 Å². The van der Waals surface area contributed by atoms with Gasteiger partial charge in [0.05, 0.1) is 33.0 Å². The summed E-state index contributed by atoms with van der Waals surface area (Å²) >= 11 is 1.27. The summed E-state index contributed by atoms with van der Waals surface area (Å²) in [5.74, 6) is 3.01. The molecule has 2 aromatic carbocycles. The van der Waals surface area contributed by atoms with Gasteiger partial charge < -0.3 is 18.9 Å². The molecule has 0 saturated heterocycles. The minimum atomic E-state index is -0.235. The zero-order chi connectivity index (χ0) is 22.7. The fourth-order valence-electron chi connectivity index (χ4n) is 3.13. The molecular weight excluding hydrogens is 430 g/mol. The van der Waals surface area contributed by atoms with E-state index in [1.165, 1.54) is 15.9 Å². The first kappa shape index (κ1) is 21.4. The van der Waals surface area contributed by atoms with Gasteiger partial charge in [0.2, 0.25) is 4.96 Å². The number of hydrogen-bond acceptors (Lipinski definition) is 8. The van der Waals surface area contributed by atoms with Crippen molar-refractivity contribution in [3.8, 4) is 23.0 Å². The van der Waals surface area contributed by atoms with Gasteiger partial charge in [0.15, 0.2) is 17.3 Å². The van der Waals surface area contributed by atoms with E-state index in [-0.39, 0.29) is 5.56 Å². The Morgan fingerprint density at radius 3 is 2.34 bits per heavy atom. The van der Waals surface area contributed by atoms with E-state index in [0.717, 1.165) is 11.1 Å². The number of benzene rings is 2. The van der Waals surface area contributed by atoms with Crippen molar-refractivity contribution >= 4 is 34.5 Å². The van der Waals surface area contributed by atoms with Gasteiger partial charge in [-0.1, -0.05) is 23.5 Å². The Bertz CT molecular complexity index is 1410. The summed E-state index contributed by atoms with van der Waals surface area (Å²) in [5, 5.41) is 4.33. The molecule has 0 amide bonds. The maximum Gasteiger partial charge on any atom is 0.291 e. The highest BCUT2D eigenvalue weighted by Crippen LogP contribution is 2.28. The molecule has 0 fully saturated rings. The molecule has 0 aliphatic heterocycles. The van der Waals surface area contributed by atoms with Gasteiger partial charge >= 0.3 is 0 Å². The number of rotatable bonds is 7. The van der Waals surface area contributed by atoms with E-state index < -0.39 is 0 Å². The Morgan fingerprint density at radius 1 is 0.875 bits per heavy atom. The third kappa shape index (κ3) is 4.15. The summed E-state index contributed by atoms with van der Waals surface area (Å²) in [5.41, 5.74) is 1.42.